The Kier molecular flexibility index (Phi) is 6.07. The molecule has 0 aliphatic heterocycles. The lowest BCUT2D eigenvalue weighted by molar-refractivity contribution is 0.0182. The Labute approximate surface area is 161 Å². The largest absolute Gasteiger partial charge is 0.460 e. The summed E-state index contributed by atoms with van der Waals surface area (Å²) >= 11 is 0. The zero-order valence-corrected chi connectivity index (χ0v) is 15.8. The van der Waals surface area contributed by atoms with E-state index in [0.717, 1.165) is 12.1 Å². The summed E-state index contributed by atoms with van der Waals surface area (Å²) < 4.78 is 12.4. The van der Waals surface area contributed by atoms with Gasteiger partial charge in [-0.1, -0.05) is 12.1 Å². The molecule has 0 atom stereocenters. The Morgan fingerprint density at radius 1 is 1.25 bits per heavy atom. The lowest BCUT2D eigenvalue weighted by atomic mass is 10.1. The van der Waals surface area contributed by atoms with E-state index in [9.17, 15) is 9.59 Å². The molecule has 0 bridgehead atoms. The fourth-order valence-electron chi connectivity index (χ4n) is 2.75. The molecule has 3 aromatic rings. The summed E-state index contributed by atoms with van der Waals surface area (Å²) in [5.41, 5.74) is 7.80. The highest BCUT2D eigenvalue weighted by atomic mass is 16.6. The van der Waals surface area contributed by atoms with Crippen LogP contribution in [0, 0.1) is 0 Å². The molecule has 9 heteroatoms. The normalized spacial score (nSPS) is 11.2. The smallest absolute Gasteiger partial charge is 0.338 e. The van der Waals surface area contributed by atoms with Gasteiger partial charge in [-0.15, -0.1) is 0 Å². The van der Waals surface area contributed by atoms with Gasteiger partial charge >= 0.3 is 5.97 Å². The van der Waals surface area contributed by atoms with Gasteiger partial charge in [0.15, 0.2) is 5.52 Å². The van der Waals surface area contributed by atoms with E-state index in [1.54, 1.807) is 22.8 Å². The number of imidazole rings is 1. The van der Waals surface area contributed by atoms with Gasteiger partial charge in [0.1, 0.15) is 19.2 Å². The lowest BCUT2D eigenvalue weighted by Gasteiger charge is -2.10. The number of carbonyl (C=O) groups excluding carboxylic acids is 1. The van der Waals surface area contributed by atoms with Crippen molar-refractivity contribution in [3.8, 4) is 0 Å². The molecule has 0 unspecified atom stereocenters. The maximum absolute atomic E-state index is 12.1. The Hall–Kier alpha value is -3.17. The van der Waals surface area contributed by atoms with E-state index >= 15 is 0 Å². The van der Waals surface area contributed by atoms with E-state index < -0.39 is 5.97 Å². The molecular formula is C19H23N5O4. The molecule has 0 amide bonds. The molecule has 0 aliphatic carbocycles. The van der Waals surface area contributed by atoms with Gasteiger partial charge in [0.05, 0.1) is 24.0 Å². The van der Waals surface area contributed by atoms with E-state index in [0.29, 0.717) is 16.6 Å². The minimum atomic E-state index is -0.396. The van der Waals surface area contributed by atoms with E-state index in [1.807, 2.05) is 26.2 Å². The number of carbonyl (C=O) groups is 1. The average molecular weight is 385 g/mol. The number of hydrogen-bond acceptors (Lipinski definition) is 7. The third-order valence-electron chi connectivity index (χ3n) is 4.02. The predicted octanol–water partition coefficient (Wildman–Crippen LogP) is 1.20. The van der Waals surface area contributed by atoms with Crippen LogP contribution in [-0.2, 0) is 22.7 Å². The van der Waals surface area contributed by atoms with Crippen molar-refractivity contribution in [1.82, 2.24) is 19.4 Å². The fourth-order valence-corrected chi connectivity index (χ4v) is 2.75. The number of aromatic nitrogens is 3. The van der Waals surface area contributed by atoms with Crippen LogP contribution in [0.3, 0.4) is 0 Å². The van der Waals surface area contributed by atoms with Crippen molar-refractivity contribution in [3.63, 3.8) is 0 Å². The summed E-state index contributed by atoms with van der Waals surface area (Å²) in [6, 6.07) is 8.94. The number of nitrogens with one attached hydrogen (secondary N) is 1. The number of pyridine rings is 1. The SMILES string of the molecule is CN(C)Cc1ccc(C(=O)OCCOCn2cnc3c(=O)[nH]c(N)cc32)cc1. The second-order valence-corrected chi connectivity index (χ2v) is 6.61. The van der Waals surface area contributed by atoms with Gasteiger partial charge in [-0.25, -0.2) is 9.78 Å². The van der Waals surface area contributed by atoms with Crippen molar-refractivity contribution >= 4 is 22.8 Å². The fraction of sp³-hybridized carbons (Fsp3) is 0.316. The van der Waals surface area contributed by atoms with Gasteiger partial charge in [0, 0.05) is 12.6 Å². The molecule has 0 fully saturated rings. The van der Waals surface area contributed by atoms with Gasteiger partial charge in [-0.2, -0.15) is 0 Å². The van der Waals surface area contributed by atoms with E-state index in [1.165, 1.54) is 6.33 Å². The summed E-state index contributed by atoms with van der Waals surface area (Å²) in [6.45, 7) is 1.30. The van der Waals surface area contributed by atoms with Gasteiger partial charge in [0.25, 0.3) is 5.56 Å². The van der Waals surface area contributed by atoms with E-state index in [2.05, 4.69) is 14.9 Å². The number of benzene rings is 1. The van der Waals surface area contributed by atoms with Crippen LogP contribution in [0.5, 0.6) is 0 Å². The zero-order valence-electron chi connectivity index (χ0n) is 15.8. The molecule has 2 aromatic heterocycles. The van der Waals surface area contributed by atoms with Crippen molar-refractivity contribution < 1.29 is 14.3 Å². The van der Waals surface area contributed by atoms with Crippen molar-refractivity contribution in [1.29, 1.82) is 0 Å². The molecule has 2 heterocycles. The first-order valence-electron chi connectivity index (χ1n) is 8.76. The second-order valence-electron chi connectivity index (χ2n) is 6.61. The van der Waals surface area contributed by atoms with Crippen molar-refractivity contribution in [2.75, 3.05) is 33.0 Å². The number of nitrogens with zero attached hydrogens (tertiary/aromatic N) is 3. The Bertz CT molecular complexity index is 1010. The van der Waals surface area contributed by atoms with Gasteiger partial charge < -0.3 is 29.7 Å². The first-order valence-corrected chi connectivity index (χ1v) is 8.76. The summed E-state index contributed by atoms with van der Waals surface area (Å²) in [7, 11) is 3.98. The van der Waals surface area contributed by atoms with Crippen molar-refractivity contribution in [3.05, 3.63) is 58.1 Å². The number of H-pyrrole nitrogens is 1. The molecular weight excluding hydrogens is 362 g/mol. The average Bonchev–Trinajstić information content (AvgIpc) is 3.04. The van der Waals surface area contributed by atoms with Gasteiger partial charge in [-0.05, 0) is 31.8 Å². The van der Waals surface area contributed by atoms with Gasteiger partial charge in [-0.3, -0.25) is 4.79 Å². The lowest BCUT2D eigenvalue weighted by Crippen LogP contribution is -2.13. The second kappa shape index (κ2) is 8.68. The number of nitrogen functional groups attached to an aromatic ring is 1. The molecule has 3 N–H and O–H groups in total. The molecule has 0 spiro atoms. The number of anilines is 1. The molecule has 28 heavy (non-hydrogen) atoms. The summed E-state index contributed by atoms with van der Waals surface area (Å²) in [4.78, 5) is 32.4. The monoisotopic (exact) mass is 385 g/mol. The van der Waals surface area contributed by atoms with Gasteiger partial charge in [0.2, 0.25) is 0 Å². The van der Waals surface area contributed by atoms with Crippen LogP contribution in [-0.4, -0.2) is 52.7 Å². The molecule has 1 aromatic carbocycles. The number of hydrogen-bond donors (Lipinski definition) is 2. The van der Waals surface area contributed by atoms with Crippen LogP contribution >= 0.6 is 0 Å². The van der Waals surface area contributed by atoms with E-state index in [4.69, 9.17) is 15.2 Å². The number of aromatic amines is 1. The van der Waals surface area contributed by atoms with Crippen molar-refractivity contribution in [2.45, 2.75) is 13.3 Å². The molecule has 0 saturated carbocycles. The minimum absolute atomic E-state index is 0.119. The third kappa shape index (κ3) is 4.76. The summed E-state index contributed by atoms with van der Waals surface area (Å²) in [5.74, 6) is -0.142. The van der Waals surface area contributed by atoms with Crippen LogP contribution in [0.25, 0.3) is 11.0 Å². The summed E-state index contributed by atoms with van der Waals surface area (Å²) in [5, 5.41) is 0. The third-order valence-corrected chi connectivity index (χ3v) is 4.02. The van der Waals surface area contributed by atoms with Crippen LogP contribution in [0.15, 0.2) is 41.5 Å². The summed E-state index contributed by atoms with van der Waals surface area (Å²) in [6.07, 6.45) is 1.50. The van der Waals surface area contributed by atoms with Crippen LogP contribution in [0.1, 0.15) is 15.9 Å². The zero-order chi connectivity index (χ0) is 20.1. The number of esters is 1. The molecule has 0 saturated heterocycles. The maximum Gasteiger partial charge on any atom is 0.338 e. The van der Waals surface area contributed by atoms with Crippen molar-refractivity contribution in [2.24, 2.45) is 0 Å². The highest BCUT2D eigenvalue weighted by Crippen LogP contribution is 2.11. The Balaban J connectivity index is 1.46. The standard InChI is InChI=1S/C19H23N5O4/c1-23(2)10-13-3-5-14(6-4-13)19(26)28-8-7-27-12-24-11-21-17-15(24)9-16(20)22-18(17)25/h3-6,9,11H,7-8,10,12H2,1-2H3,(H3,20,22,25). The number of nitrogens with two attached hydrogens (primary N) is 1. The predicted molar refractivity (Wildman–Crippen MR) is 105 cm³/mol. The Morgan fingerprint density at radius 3 is 2.71 bits per heavy atom. The number of ether oxygens (including phenoxy) is 2. The quantitative estimate of drug-likeness (QED) is 0.442. The topological polar surface area (TPSA) is 115 Å². The van der Waals surface area contributed by atoms with Crippen LogP contribution in [0.2, 0.25) is 0 Å². The highest BCUT2D eigenvalue weighted by molar-refractivity contribution is 5.89. The Morgan fingerprint density at radius 2 is 2.00 bits per heavy atom. The molecule has 3 rings (SSSR count). The highest BCUT2D eigenvalue weighted by Gasteiger charge is 2.09. The molecule has 0 aliphatic rings. The number of rotatable bonds is 8. The van der Waals surface area contributed by atoms with Crippen LogP contribution < -0.4 is 11.3 Å². The maximum atomic E-state index is 12.1. The first-order chi connectivity index (χ1) is 13.4. The molecule has 0 radical (unpaired) electrons. The first kappa shape index (κ1) is 19.6. The van der Waals surface area contributed by atoms with Crippen LogP contribution in [0.4, 0.5) is 5.82 Å². The molecule has 9 nitrogen and oxygen atoms in total. The molecule has 148 valence electrons. The minimum Gasteiger partial charge on any atom is -0.460 e. The number of fused-ring (bicyclic) bond motifs is 1. The van der Waals surface area contributed by atoms with E-state index in [-0.39, 0.29) is 31.3 Å².